The molecule has 0 heterocycles. The SMILES string of the molecule is CNC(c1ccccc1OCCOC)C(OC)C(C)(C)C. The third kappa shape index (κ3) is 4.99. The molecule has 1 rings (SSSR count). The molecule has 2 unspecified atom stereocenters. The van der Waals surface area contributed by atoms with Crippen molar-refractivity contribution < 1.29 is 14.2 Å². The molecule has 21 heavy (non-hydrogen) atoms. The molecular formula is C17H29NO3. The van der Waals surface area contributed by atoms with Crippen molar-refractivity contribution in [2.24, 2.45) is 5.41 Å². The van der Waals surface area contributed by atoms with Crippen LogP contribution < -0.4 is 10.1 Å². The summed E-state index contributed by atoms with van der Waals surface area (Å²) in [4.78, 5) is 0. The molecule has 2 atom stereocenters. The molecule has 0 aromatic heterocycles. The van der Waals surface area contributed by atoms with E-state index in [-0.39, 0.29) is 17.6 Å². The Morgan fingerprint density at radius 3 is 2.29 bits per heavy atom. The van der Waals surface area contributed by atoms with Crippen LogP contribution in [0.25, 0.3) is 0 Å². The minimum absolute atomic E-state index is 0.0159. The molecule has 0 amide bonds. The van der Waals surface area contributed by atoms with Crippen molar-refractivity contribution in [1.29, 1.82) is 0 Å². The Hall–Kier alpha value is -1.10. The summed E-state index contributed by atoms with van der Waals surface area (Å²) < 4.78 is 16.7. The van der Waals surface area contributed by atoms with E-state index in [1.165, 1.54) is 0 Å². The van der Waals surface area contributed by atoms with Crippen molar-refractivity contribution in [3.05, 3.63) is 29.8 Å². The highest BCUT2D eigenvalue weighted by Crippen LogP contribution is 2.36. The van der Waals surface area contributed by atoms with Crippen molar-refractivity contribution in [3.8, 4) is 5.75 Å². The van der Waals surface area contributed by atoms with Gasteiger partial charge in [-0.25, -0.2) is 0 Å². The molecule has 0 aliphatic rings. The second kappa shape index (κ2) is 8.37. The van der Waals surface area contributed by atoms with Crippen LogP contribution in [0.15, 0.2) is 24.3 Å². The average molecular weight is 295 g/mol. The van der Waals surface area contributed by atoms with Crippen molar-refractivity contribution in [2.75, 3.05) is 34.5 Å². The van der Waals surface area contributed by atoms with Gasteiger partial charge in [-0.1, -0.05) is 39.0 Å². The molecule has 0 aliphatic heterocycles. The van der Waals surface area contributed by atoms with E-state index < -0.39 is 0 Å². The van der Waals surface area contributed by atoms with Gasteiger partial charge in [0, 0.05) is 19.8 Å². The van der Waals surface area contributed by atoms with Gasteiger partial charge < -0.3 is 19.5 Å². The van der Waals surface area contributed by atoms with Gasteiger partial charge in [0.25, 0.3) is 0 Å². The number of likely N-dealkylation sites (N-methyl/N-ethyl adjacent to an activating group) is 1. The fourth-order valence-electron chi connectivity index (χ4n) is 2.56. The molecule has 120 valence electrons. The van der Waals surface area contributed by atoms with Crippen LogP contribution in [-0.4, -0.2) is 40.6 Å². The number of ether oxygens (including phenoxy) is 3. The zero-order chi connectivity index (χ0) is 15.9. The molecule has 0 spiro atoms. The van der Waals surface area contributed by atoms with Gasteiger partial charge in [0.15, 0.2) is 0 Å². The van der Waals surface area contributed by atoms with Crippen LogP contribution in [0.5, 0.6) is 5.75 Å². The zero-order valence-electron chi connectivity index (χ0n) is 14.1. The Morgan fingerprint density at radius 2 is 1.76 bits per heavy atom. The predicted molar refractivity (Wildman–Crippen MR) is 85.9 cm³/mol. The van der Waals surface area contributed by atoms with E-state index in [1.54, 1.807) is 14.2 Å². The maximum atomic E-state index is 5.85. The summed E-state index contributed by atoms with van der Waals surface area (Å²) in [5.41, 5.74) is 1.13. The van der Waals surface area contributed by atoms with Gasteiger partial charge in [-0.3, -0.25) is 0 Å². The van der Waals surface area contributed by atoms with Crippen LogP contribution in [0, 0.1) is 5.41 Å². The number of hydrogen-bond donors (Lipinski definition) is 1. The van der Waals surface area contributed by atoms with Crippen molar-refractivity contribution >= 4 is 0 Å². The van der Waals surface area contributed by atoms with Crippen molar-refractivity contribution in [3.63, 3.8) is 0 Å². The molecule has 1 aromatic rings. The molecule has 1 N–H and O–H groups in total. The van der Waals surface area contributed by atoms with Crippen molar-refractivity contribution in [1.82, 2.24) is 5.32 Å². The van der Waals surface area contributed by atoms with Gasteiger partial charge in [0.05, 0.1) is 18.8 Å². The number of methoxy groups -OCH3 is 2. The molecule has 0 saturated heterocycles. The van der Waals surface area contributed by atoms with E-state index in [4.69, 9.17) is 14.2 Å². The summed E-state index contributed by atoms with van der Waals surface area (Å²) in [5.74, 6) is 0.875. The van der Waals surface area contributed by atoms with Crippen LogP contribution in [0.4, 0.5) is 0 Å². The maximum absolute atomic E-state index is 5.85. The van der Waals surface area contributed by atoms with Crippen LogP contribution in [0.1, 0.15) is 32.4 Å². The molecule has 4 nitrogen and oxygen atoms in total. The summed E-state index contributed by atoms with van der Waals surface area (Å²) >= 11 is 0. The lowest BCUT2D eigenvalue weighted by atomic mass is 9.82. The third-order valence-corrected chi connectivity index (χ3v) is 3.52. The normalized spacial score (nSPS) is 14.8. The highest BCUT2D eigenvalue weighted by atomic mass is 16.5. The van der Waals surface area contributed by atoms with Crippen LogP contribution in [-0.2, 0) is 9.47 Å². The van der Waals surface area contributed by atoms with E-state index >= 15 is 0 Å². The minimum Gasteiger partial charge on any atom is -0.491 e. The Balaban J connectivity index is 3.04. The Morgan fingerprint density at radius 1 is 1.10 bits per heavy atom. The standard InChI is InChI=1S/C17H29NO3/c1-17(2,3)16(20-6)15(18-4)13-9-7-8-10-14(13)21-12-11-19-5/h7-10,15-16,18H,11-12H2,1-6H3. The topological polar surface area (TPSA) is 39.7 Å². The van der Waals surface area contributed by atoms with E-state index in [2.05, 4.69) is 32.2 Å². The number of para-hydroxylation sites is 1. The van der Waals surface area contributed by atoms with Gasteiger partial charge in [0.2, 0.25) is 0 Å². The molecular weight excluding hydrogens is 266 g/mol. The second-order valence-corrected chi connectivity index (χ2v) is 6.17. The lowest BCUT2D eigenvalue weighted by molar-refractivity contribution is -0.0108. The van der Waals surface area contributed by atoms with Gasteiger partial charge in [0.1, 0.15) is 12.4 Å². The molecule has 0 fully saturated rings. The summed E-state index contributed by atoms with van der Waals surface area (Å²) in [6, 6.07) is 8.15. The quantitative estimate of drug-likeness (QED) is 0.748. The lowest BCUT2D eigenvalue weighted by Gasteiger charge is -2.36. The first kappa shape index (κ1) is 18.0. The molecule has 0 aliphatic carbocycles. The smallest absolute Gasteiger partial charge is 0.124 e. The summed E-state index contributed by atoms with van der Waals surface area (Å²) in [5, 5.41) is 3.37. The lowest BCUT2D eigenvalue weighted by Crippen LogP contribution is -2.40. The third-order valence-electron chi connectivity index (χ3n) is 3.52. The van der Waals surface area contributed by atoms with E-state index in [9.17, 15) is 0 Å². The number of hydrogen-bond acceptors (Lipinski definition) is 4. The molecule has 0 radical (unpaired) electrons. The molecule has 0 saturated carbocycles. The van der Waals surface area contributed by atoms with Gasteiger partial charge in [-0.05, 0) is 18.5 Å². The van der Waals surface area contributed by atoms with Crippen molar-refractivity contribution in [2.45, 2.75) is 32.9 Å². The second-order valence-electron chi connectivity index (χ2n) is 6.17. The fraction of sp³-hybridized carbons (Fsp3) is 0.647. The number of benzene rings is 1. The summed E-state index contributed by atoms with van der Waals surface area (Å²) in [7, 11) is 5.38. The van der Waals surface area contributed by atoms with Gasteiger partial charge in [-0.15, -0.1) is 0 Å². The number of rotatable bonds is 8. The van der Waals surface area contributed by atoms with E-state index in [1.807, 2.05) is 25.2 Å². The molecule has 0 bridgehead atoms. The van der Waals surface area contributed by atoms with Crippen LogP contribution >= 0.6 is 0 Å². The maximum Gasteiger partial charge on any atom is 0.124 e. The highest BCUT2D eigenvalue weighted by Gasteiger charge is 2.33. The zero-order valence-corrected chi connectivity index (χ0v) is 14.1. The monoisotopic (exact) mass is 295 g/mol. The Bertz CT molecular complexity index is 415. The Kier molecular flexibility index (Phi) is 7.15. The largest absolute Gasteiger partial charge is 0.491 e. The first-order chi connectivity index (χ1) is 9.95. The van der Waals surface area contributed by atoms with Gasteiger partial charge in [-0.2, -0.15) is 0 Å². The highest BCUT2D eigenvalue weighted by molar-refractivity contribution is 5.37. The summed E-state index contributed by atoms with van der Waals surface area (Å²) in [6.07, 6.45) is 0.0367. The van der Waals surface area contributed by atoms with Gasteiger partial charge >= 0.3 is 0 Å². The summed E-state index contributed by atoms with van der Waals surface area (Å²) in [6.45, 7) is 7.66. The minimum atomic E-state index is 0.0159. The Labute approximate surface area is 128 Å². The predicted octanol–water partition coefficient (Wildman–Crippen LogP) is 3.03. The number of nitrogens with one attached hydrogen (secondary N) is 1. The van der Waals surface area contributed by atoms with E-state index in [0.29, 0.717) is 13.2 Å². The first-order valence-corrected chi connectivity index (χ1v) is 7.36. The first-order valence-electron chi connectivity index (χ1n) is 7.36. The van der Waals surface area contributed by atoms with Crippen LogP contribution in [0.3, 0.4) is 0 Å². The van der Waals surface area contributed by atoms with E-state index in [0.717, 1.165) is 11.3 Å². The fourth-order valence-corrected chi connectivity index (χ4v) is 2.56. The average Bonchev–Trinajstić information content (AvgIpc) is 2.44. The van der Waals surface area contributed by atoms with Crippen LogP contribution in [0.2, 0.25) is 0 Å². The molecule has 1 aromatic carbocycles. The molecule has 4 heteroatoms.